The number of anilines is 1. The van der Waals surface area contributed by atoms with Gasteiger partial charge in [-0.05, 0) is 58.7 Å². The van der Waals surface area contributed by atoms with Gasteiger partial charge in [0.2, 0.25) is 16.0 Å². The smallest absolute Gasteiger partial charge is 0.224 e. The second kappa shape index (κ2) is 10.2. The van der Waals surface area contributed by atoms with Gasteiger partial charge in [-0.15, -0.1) is 5.10 Å². The summed E-state index contributed by atoms with van der Waals surface area (Å²) in [5.74, 6) is 0.231. The summed E-state index contributed by atoms with van der Waals surface area (Å²) in [6.45, 7) is 8.08. The maximum Gasteiger partial charge on any atom is 0.224 e. The van der Waals surface area contributed by atoms with Gasteiger partial charge in [0.05, 0.1) is 17.8 Å². The van der Waals surface area contributed by atoms with Crippen LogP contribution in [0.15, 0.2) is 30.5 Å². The number of aromatic nitrogens is 3. The molecule has 3 aromatic rings. The molecule has 2 fully saturated rings. The van der Waals surface area contributed by atoms with E-state index >= 15 is 0 Å². The molecule has 0 bridgehead atoms. The van der Waals surface area contributed by atoms with E-state index in [9.17, 15) is 4.79 Å². The molecule has 5 rings (SSSR count). The predicted molar refractivity (Wildman–Crippen MR) is 134 cm³/mol. The zero-order valence-corrected chi connectivity index (χ0v) is 20.3. The van der Waals surface area contributed by atoms with E-state index in [0.717, 1.165) is 66.8 Å². The Morgan fingerprint density at radius 1 is 1.12 bits per heavy atom. The second-order valence-corrected chi connectivity index (χ2v) is 10.4. The molecule has 176 valence electrons. The average molecular weight is 467 g/mol. The van der Waals surface area contributed by atoms with Crippen LogP contribution < -0.4 is 10.2 Å². The van der Waals surface area contributed by atoms with E-state index in [0.29, 0.717) is 0 Å². The van der Waals surface area contributed by atoms with Crippen molar-refractivity contribution < 1.29 is 4.79 Å². The number of hydrogen-bond donors (Lipinski definition) is 1. The van der Waals surface area contributed by atoms with Crippen molar-refractivity contribution in [1.29, 1.82) is 0 Å². The van der Waals surface area contributed by atoms with E-state index in [4.69, 9.17) is 10.1 Å². The van der Waals surface area contributed by atoms with Crippen molar-refractivity contribution in [3.8, 4) is 11.3 Å². The van der Waals surface area contributed by atoms with Gasteiger partial charge in [0.15, 0.2) is 0 Å². The number of nitrogens with one attached hydrogen (secondary N) is 1. The average Bonchev–Trinajstić information content (AvgIpc) is 3.43. The highest BCUT2D eigenvalue weighted by atomic mass is 32.1. The summed E-state index contributed by atoms with van der Waals surface area (Å²) in [4.78, 5) is 23.2. The topological polar surface area (TPSA) is 65.8 Å². The molecule has 2 aliphatic heterocycles. The first kappa shape index (κ1) is 22.3. The van der Waals surface area contributed by atoms with E-state index in [-0.39, 0.29) is 11.8 Å². The SMILES string of the molecule is Cc1ccc(-c2cn3nc(N4CCC[C@H](C(=O)NCCCN5CCCCC5)C4)sc3n2)cc1. The van der Waals surface area contributed by atoms with E-state index in [1.54, 1.807) is 11.3 Å². The van der Waals surface area contributed by atoms with Gasteiger partial charge < -0.3 is 15.1 Å². The predicted octanol–water partition coefficient (Wildman–Crippen LogP) is 3.97. The summed E-state index contributed by atoms with van der Waals surface area (Å²) in [5.41, 5.74) is 3.29. The van der Waals surface area contributed by atoms with Gasteiger partial charge in [0.25, 0.3) is 0 Å². The van der Waals surface area contributed by atoms with Gasteiger partial charge in [-0.2, -0.15) is 0 Å². The number of likely N-dealkylation sites (tertiary alicyclic amines) is 1. The van der Waals surface area contributed by atoms with Crippen LogP contribution in [0.1, 0.15) is 44.1 Å². The summed E-state index contributed by atoms with van der Waals surface area (Å²) < 4.78 is 1.87. The molecule has 1 atom stereocenters. The Morgan fingerprint density at radius 3 is 2.73 bits per heavy atom. The van der Waals surface area contributed by atoms with Crippen LogP contribution in [0.25, 0.3) is 16.2 Å². The first-order valence-corrected chi connectivity index (χ1v) is 13.2. The van der Waals surface area contributed by atoms with Gasteiger partial charge in [0, 0.05) is 25.2 Å². The van der Waals surface area contributed by atoms with Gasteiger partial charge in [-0.25, -0.2) is 9.50 Å². The minimum absolute atomic E-state index is 0.0353. The normalized spacial score (nSPS) is 19.8. The third-order valence-corrected chi connectivity index (χ3v) is 7.82. The minimum atomic E-state index is 0.0353. The van der Waals surface area contributed by atoms with Crippen molar-refractivity contribution in [3.05, 3.63) is 36.0 Å². The van der Waals surface area contributed by atoms with E-state index < -0.39 is 0 Å². The van der Waals surface area contributed by atoms with Crippen LogP contribution >= 0.6 is 11.3 Å². The third-order valence-electron chi connectivity index (χ3n) is 6.84. The maximum atomic E-state index is 12.8. The molecule has 1 N–H and O–H groups in total. The van der Waals surface area contributed by atoms with Crippen LogP contribution in [-0.2, 0) is 4.79 Å². The first-order chi connectivity index (χ1) is 16.2. The van der Waals surface area contributed by atoms with E-state index in [1.807, 2.05) is 10.7 Å². The summed E-state index contributed by atoms with van der Waals surface area (Å²) in [6, 6.07) is 8.41. The third kappa shape index (κ3) is 5.38. The molecule has 0 aliphatic carbocycles. The number of hydrogen-bond acceptors (Lipinski definition) is 6. The van der Waals surface area contributed by atoms with Crippen LogP contribution in [0.5, 0.6) is 0 Å². The Bertz CT molecular complexity index is 1040. The molecule has 0 unspecified atom stereocenters. The van der Waals surface area contributed by atoms with Crippen molar-refractivity contribution in [2.75, 3.05) is 44.2 Å². The van der Waals surface area contributed by atoms with Crippen LogP contribution in [0.3, 0.4) is 0 Å². The standard InChI is InChI=1S/C25H34N6OS/c1-19-8-10-20(11-9-19)22-18-31-24(27-22)33-25(28-31)30-16-5-7-21(17-30)23(32)26-12-6-15-29-13-3-2-4-14-29/h8-11,18,21H,2-7,12-17H2,1H3,(H,26,32)/t21-/m0/s1. The highest BCUT2D eigenvalue weighted by Gasteiger charge is 2.27. The minimum Gasteiger partial charge on any atom is -0.356 e. The number of carbonyl (C=O) groups is 1. The number of piperidine rings is 2. The number of aryl methyl sites for hydroxylation is 1. The van der Waals surface area contributed by atoms with Crippen LogP contribution in [0.4, 0.5) is 5.13 Å². The monoisotopic (exact) mass is 466 g/mol. The number of benzene rings is 1. The zero-order chi connectivity index (χ0) is 22.6. The van der Waals surface area contributed by atoms with E-state index in [1.165, 1.54) is 37.9 Å². The Kier molecular flexibility index (Phi) is 6.92. The molecule has 4 heterocycles. The summed E-state index contributed by atoms with van der Waals surface area (Å²) in [5, 5.41) is 8.92. The van der Waals surface area contributed by atoms with Gasteiger partial charge in [-0.1, -0.05) is 47.6 Å². The second-order valence-electron chi connectivity index (χ2n) is 9.44. The number of imidazole rings is 1. The van der Waals surface area contributed by atoms with Crippen molar-refractivity contribution in [1.82, 2.24) is 24.8 Å². The number of carbonyl (C=O) groups excluding carboxylic acids is 1. The molecule has 8 heteroatoms. The maximum absolute atomic E-state index is 12.8. The highest BCUT2D eigenvalue weighted by molar-refractivity contribution is 7.20. The van der Waals surface area contributed by atoms with Gasteiger partial charge in [0.1, 0.15) is 0 Å². The lowest BCUT2D eigenvalue weighted by Gasteiger charge is -2.31. The molecule has 2 aromatic heterocycles. The van der Waals surface area contributed by atoms with E-state index in [2.05, 4.69) is 46.3 Å². The molecular formula is C25H34N6OS. The molecule has 1 amide bonds. The van der Waals surface area contributed by atoms with Crippen molar-refractivity contribution in [2.24, 2.45) is 5.92 Å². The fourth-order valence-corrected chi connectivity index (χ4v) is 5.81. The number of rotatable bonds is 7. The van der Waals surface area contributed by atoms with Crippen LogP contribution in [0, 0.1) is 12.8 Å². The summed E-state index contributed by atoms with van der Waals surface area (Å²) in [7, 11) is 0. The Hall–Kier alpha value is -2.45. The zero-order valence-electron chi connectivity index (χ0n) is 19.5. The van der Waals surface area contributed by atoms with Crippen LogP contribution in [0.2, 0.25) is 0 Å². The number of amides is 1. The van der Waals surface area contributed by atoms with Crippen molar-refractivity contribution >= 4 is 27.3 Å². The Labute approximate surface area is 199 Å². The van der Waals surface area contributed by atoms with Crippen LogP contribution in [-0.4, -0.2) is 64.7 Å². The lowest BCUT2D eigenvalue weighted by molar-refractivity contribution is -0.125. The molecule has 0 radical (unpaired) electrons. The quantitative estimate of drug-likeness (QED) is 0.534. The largest absolute Gasteiger partial charge is 0.356 e. The molecule has 0 spiro atoms. The van der Waals surface area contributed by atoms with Crippen molar-refractivity contribution in [3.63, 3.8) is 0 Å². The molecule has 7 nitrogen and oxygen atoms in total. The fourth-order valence-electron chi connectivity index (χ4n) is 4.89. The summed E-state index contributed by atoms with van der Waals surface area (Å²) in [6.07, 6.45) is 9.00. The molecule has 2 aliphatic rings. The molecule has 0 saturated carbocycles. The molecule has 1 aromatic carbocycles. The summed E-state index contributed by atoms with van der Waals surface area (Å²) >= 11 is 1.60. The van der Waals surface area contributed by atoms with Gasteiger partial charge in [-0.3, -0.25) is 4.79 Å². The Morgan fingerprint density at radius 2 is 1.94 bits per heavy atom. The van der Waals surface area contributed by atoms with Gasteiger partial charge >= 0.3 is 0 Å². The number of fused-ring (bicyclic) bond motifs is 1. The highest BCUT2D eigenvalue weighted by Crippen LogP contribution is 2.30. The lowest BCUT2D eigenvalue weighted by Crippen LogP contribution is -2.43. The van der Waals surface area contributed by atoms with Crippen molar-refractivity contribution in [2.45, 2.75) is 45.4 Å². The molecule has 33 heavy (non-hydrogen) atoms. The fraction of sp³-hybridized carbons (Fsp3) is 0.560. The lowest BCUT2D eigenvalue weighted by atomic mass is 9.97. The Balaban J connectivity index is 1.15. The molecule has 2 saturated heterocycles. The molecular weight excluding hydrogens is 432 g/mol. The first-order valence-electron chi connectivity index (χ1n) is 12.3. The number of nitrogens with zero attached hydrogens (tertiary/aromatic N) is 5.